The van der Waals surface area contributed by atoms with E-state index in [1.54, 1.807) is 0 Å². The van der Waals surface area contributed by atoms with Crippen molar-refractivity contribution >= 4 is 11.6 Å². The van der Waals surface area contributed by atoms with E-state index in [1.807, 2.05) is 11.0 Å². The first kappa shape index (κ1) is 10.6. The van der Waals surface area contributed by atoms with Crippen LogP contribution in [0, 0.1) is 0 Å². The van der Waals surface area contributed by atoms with Gasteiger partial charge in [0.05, 0.1) is 6.42 Å². The maximum atomic E-state index is 12.1. The first-order valence-corrected chi connectivity index (χ1v) is 6.47. The fourth-order valence-electron chi connectivity index (χ4n) is 2.82. The molecule has 1 aromatic rings. The van der Waals surface area contributed by atoms with E-state index in [9.17, 15) is 4.79 Å². The van der Waals surface area contributed by atoms with Crippen molar-refractivity contribution in [2.24, 2.45) is 0 Å². The fraction of sp³-hybridized carbons (Fsp3) is 0.500. The zero-order chi connectivity index (χ0) is 11.7. The quantitative estimate of drug-likeness (QED) is 0.840. The maximum Gasteiger partial charge on any atom is 0.227 e. The van der Waals surface area contributed by atoms with Crippen molar-refractivity contribution in [1.29, 1.82) is 0 Å². The SMILES string of the molecule is O=C(Cc1cccc2c1CCN2)N1CCCC1. The zero-order valence-electron chi connectivity index (χ0n) is 10.0. The van der Waals surface area contributed by atoms with Gasteiger partial charge in [-0.3, -0.25) is 4.79 Å². The minimum Gasteiger partial charge on any atom is -0.384 e. The molecule has 0 radical (unpaired) electrons. The highest BCUT2D eigenvalue weighted by molar-refractivity contribution is 5.80. The van der Waals surface area contributed by atoms with Gasteiger partial charge in [0.15, 0.2) is 0 Å². The third-order valence-electron chi connectivity index (χ3n) is 3.76. The summed E-state index contributed by atoms with van der Waals surface area (Å²) >= 11 is 0. The molecule has 0 saturated carbocycles. The summed E-state index contributed by atoms with van der Waals surface area (Å²) in [7, 11) is 0. The number of amides is 1. The number of likely N-dealkylation sites (tertiary alicyclic amines) is 1. The smallest absolute Gasteiger partial charge is 0.227 e. The number of hydrogen-bond acceptors (Lipinski definition) is 2. The number of rotatable bonds is 2. The summed E-state index contributed by atoms with van der Waals surface area (Å²) in [5.74, 6) is 0.294. The highest BCUT2D eigenvalue weighted by atomic mass is 16.2. The molecule has 2 aliphatic rings. The minimum absolute atomic E-state index is 0.294. The number of hydrogen-bond donors (Lipinski definition) is 1. The topological polar surface area (TPSA) is 32.3 Å². The molecule has 2 aliphatic heterocycles. The van der Waals surface area contributed by atoms with Crippen molar-refractivity contribution in [3.8, 4) is 0 Å². The Bertz CT molecular complexity index is 436. The molecule has 0 atom stereocenters. The summed E-state index contributed by atoms with van der Waals surface area (Å²) < 4.78 is 0. The molecule has 0 aliphatic carbocycles. The molecule has 3 nitrogen and oxygen atoms in total. The van der Waals surface area contributed by atoms with Crippen LogP contribution in [-0.4, -0.2) is 30.4 Å². The van der Waals surface area contributed by atoms with E-state index in [0.29, 0.717) is 12.3 Å². The average Bonchev–Trinajstić information content (AvgIpc) is 3.00. The highest BCUT2D eigenvalue weighted by Gasteiger charge is 2.21. The predicted octanol–water partition coefficient (Wildman–Crippen LogP) is 1.82. The molecule has 0 aromatic heterocycles. The number of carbonyl (C=O) groups excluding carboxylic acids is 1. The van der Waals surface area contributed by atoms with Crippen LogP contribution < -0.4 is 5.32 Å². The second-order valence-corrected chi connectivity index (χ2v) is 4.88. The van der Waals surface area contributed by atoms with Crippen LogP contribution in [0.2, 0.25) is 0 Å². The first-order chi connectivity index (χ1) is 8.34. The van der Waals surface area contributed by atoms with Gasteiger partial charge in [-0.1, -0.05) is 12.1 Å². The van der Waals surface area contributed by atoms with Crippen LogP contribution in [0.4, 0.5) is 5.69 Å². The van der Waals surface area contributed by atoms with Crippen molar-refractivity contribution in [1.82, 2.24) is 4.90 Å². The van der Waals surface area contributed by atoms with Gasteiger partial charge in [0.2, 0.25) is 5.91 Å². The van der Waals surface area contributed by atoms with Gasteiger partial charge in [-0.15, -0.1) is 0 Å². The second-order valence-electron chi connectivity index (χ2n) is 4.88. The highest BCUT2D eigenvalue weighted by Crippen LogP contribution is 2.26. The van der Waals surface area contributed by atoms with Crippen molar-refractivity contribution in [3.63, 3.8) is 0 Å². The average molecular weight is 230 g/mol. The van der Waals surface area contributed by atoms with Crippen molar-refractivity contribution in [2.45, 2.75) is 25.7 Å². The Morgan fingerprint density at radius 1 is 1.29 bits per heavy atom. The van der Waals surface area contributed by atoms with Gasteiger partial charge < -0.3 is 10.2 Å². The summed E-state index contributed by atoms with van der Waals surface area (Å²) in [5.41, 5.74) is 3.78. The molecule has 0 unspecified atom stereocenters. The lowest BCUT2D eigenvalue weighted by molar-refractivity contribution is -0.129. The summed E-state index contributed by atoms with van der Waals surface area (Å²) in [6.45, 7) is 2.91. The Morgan fingerprint density at radius 3 is 2.94 bits per heavy atom. The third-order valence-corrected chi connectivity index (χ3v) is 3.76. The van der Waals surface area contributed by atoms with Gasteiger partial charge in [0, 0.05) is 25.3 Å². The van der Waals surface area contributed by atoms with Gasteiger partial charge in [0.1, 0.15) is 0 Å². The van der Waals surface area contributed by atoms with Gasteiger partial charge in [0.25, 0.3) is 0 Å². The Labute approximate surface area is 102 Å². The largest absolute Gasteiger partial charge is 0.384 e. The van der Waals surface area contributed by atoms with E-state index in [1.165, 1.54) is 29.7 Å². The Morgan fingerprint density at radius 2 is 2.12 bits per heavy atom. The molecular weight excluding hydrogens is 212 g/mol. The monoisotopic (exact) mass is 230 g/mol. The molecule has 1 N–H and O–H groups in total. The van der Waals surface area contributed by atoms with Crippen LogP contribution in [0.3, 0.4) is 0 Å². The molecule has 1 aromatic carbocycles. The molecule has 3 rings (SSSR count). The van der Waals surface area contributed by atoms with E-state index in [0.717, 1.165) is 26.1 Å². The number of benzene rings is 1. The number of nitrogens with zero attached hydrogens (tertiary/aromatic N) is 1. The summed E-state index contributed by atoms with van der Waals surface area (Å²) in [6.07, 6.45) is 3.96. The number of anilines is 1. The van der Waals surface area contributed by atoms with Crippen LogP contribution >= 0.6 is 0 Å². The first-order valence-electron chi connectivity index (χ1n) is 6.47. The summed E-state index contributed by atoms with van der Waals surface area (Å²) in [6, 6.07) is 6.25. The molecule has 3 heteroatoms. The van der Waals surface area contributed by atoms with Crippen molar-refractivity contribution < 1.29 is 4.79 Å². The van der Waals surface area contributed by atoms with Crippen LogP contribution in [0.15, 0.2) is 18.2 Å². The predicted molar refractivity (Wildman–Crippen MR) is 68.2 cm³/mol. The number of fused-ring (bicyclic) bond motifs is 1. The molecule has 0 spiro atoms. The zero-order valence-corrected chi connectivity index (χ0v) is 10.0. The van der Waals surface area contributed by atoms with E-state index >= 15 is 0 Å². The van der Waals surface area contributed by atoms with Gasteiger partial charge in [-0.2, -0.15) is 0 Å². The second kappa shape index (κ2) is 4.40. The van der Waals surface area contributed by atoms with Gasteiger partial charge in [-0.05, 0) is 36.5 Å². The van der Waals surface area contributed by atoms with E-state index in [2.05, 4.69) is 17.4 Å². The van der Waals surface area contributed by atoms with Crippen molar-refractivity contribution in [2.75, 3.05) is 25.0 Å². The van der Waals surface area contributed by atoms with Crippen molar-refractivity contribution in [3.05, 3.63) is 29.3 Å². The molecule has 1 amide bonds. The molecule has 1 saturated heterocycles. The lowest BCUT2D eigenvalue weighted by Crippen LogP contribution is -2.29. The summed E-state index contributed by atoms with van der Waals surface area (Å²) in [5, 5.41) is 3.36. The third kappa shape index (κ3) is 2.02. The van der Waals surface area contributed by atoms with E-state index in [-0.39, 0.29) is 0 Å². The Balaban J connectivity index is 1.76. The standard InChI is InChI=1S/C14H18N2O/c17-14(16-8-1-2-9-16)10-11-4-3-5-13-12(11)6-7-15-13/h3-5,15H,1-2,6-10H2. The van der Waals surface area contributed by atoms with Crippen LogP contribution in [0.1, 0.15) is 24.0 Å². The molecule has 2 heterocycles. The fourth-order valence-corrected chi connectivity index (χ4v) is 2.82. The van der Waals surface area contributed by atoms with Crippen LogP contribution in [0.5, 0.6) is 0 Å². The number of nitrogens with one attached hydrogen (secondary N) is 1. The van der Waals surface area contributed by atoms with E-state index in [4.69, 9.17) is 0 Å². The normalized spacial score (nSPS) is 18.0. The molecule has 0 bridgehead atoms. The van der Waals surface area contributed by atoms with E-state index < -0.39 is 0 Å². The molecule has 17 heavy (non-hydrogen) atoms. The maximum absolute atomic E-state index is 12.1. The molecule has 90 valence electrons. The lowest BCUT2D eigenvalue weighted by atomic mass is 10.0. The lowest BCUT2D eigenvalue weighted by Gasteiger charge is -2.16. The molecular formula is C14H18N2O. The van der Waals surface area contributed by atoms with Crippen LogP contribution in [-0.2, 0) is 17.6 Å². The van der Waals surface area contributed by atoms with Gasteiger partial charge in [-0.25, -0.2) is 0 Å². The summed E-state index contributed by atoms with van der Waals surface area (Å²) in [4.78, 5) is 14.1. The number of carbonyl (C=O) groups is 1. The molecule has 1 fully saturated rings. The Hall–Kier alpha value is -1.51. The Kier molecular flexibility index (Phi) is 2.75. The van der Waals surface area contributed by atoms with Crippen LogP contribution in [0.25, 0.3) is 0 Å². The van der Waals surface area contributed by atoms with Gasteiger partial charge >= 0.3 is 0 Å². The minimum atomic E-state index is 0.294.